The van der Waals surface area contributed by atoms with E-state index in [4.69, 9.17) is 10.0 Å². The summed E-state index contributed by atoms with van der Waals surface area (Å²) in [5.41, 5.74) is -4.95. The Morgan fingerprint density at radius 3 is 1.66 bits per heavy atom. The van der Waals surface area contributed by atoms with Crippen molar-refractivity contribution in [3.05, 3.63) is 97.1 Å². The van der Waals surface area contributed by atoms with E-state index in [-0.39, 0.29) is 5.75 Å². The number of hydrogen-bond donors (Lipinski definition) is 2. The number of hydrogen-bond acceptors (Lipinski definition) is 5. The van der Waals surface area contributed by atoms with E-state index < -0.39 is 22.7 Å². The van der Waals surface area contributed by atoms with Crippen LogP contribution in [0.4, 0.5) is 13.2 Å². The third-order valence-electron chi connectivity index (χ3n) is 5.27. The lowest BCUT2D eigenvalue weighted by Gasteiger charge is -2.14. The maximum Gasteiger partial charge on any atom is 0.534 e. The zero-order valence-electron chi connectivity index (χ0n) is 18.0. The van der Waals surface area contributed by atoms with E-state index in [0.717, 1.165) is 10.8 Å². The molecule has 0 aliphatic rings. The van der Waals surface area contributed by atoms with Gasteiger partial charge in [0.2, 0.25) is 0 Å². The van der Waals surface area contributed by atoms with Gasteiger partial charge >= 0.3 is 22.7 Å². The first-order valence-corrected chi connectivity index (χ1v) is 11.7. The smallest absolute Gasteiger partial charge is 0.423 e. The molecule has 0 saturated heterocycles. The third kappa shape index (κ3) is 5.24. The van der Waals surface area contributed by atoms with Crippen LogP contribution >= 0.6 is 0 Å². The normalized spacial score (nSPS) is 11.8. The Kier molecular flexibility index (Phi) is 6.71. The standard InChI is InChI=1S/C15H9F3O3S.C10H9BO2/c16-15(17,18)22(19,20)21-14-12-7-3-1-5-10(12)9-11-6-2-4-8-13(11)14;12-11(13)10-6-5-8-3-1-2-4-9(8)7-10/h1-9H;1-7,12-13H. The van der Waals surface area contributed by atoms with Crippen molar-refractivity contribution in [2.75, 3.05) is 0 Å². The van der Waals surface area contributed by atoms with E-state index in [2.05, 4.69) is 4.18 Å². The maximum absolute atomic E-state index is 12.6. The molecule has 178 valence electrons. The summed E-state index contributed by atoms with van der Waals surface area (Å²) in [6, 6.07) is 28.0. The van der Waals surface area contributed by atoms with E-state index in [1.54, 1.807) is 54.6 Å². The molecule has 0 radical (unpaired) electrons. The van der Waals surface area contributed by atoms with Crippen LogP contribution in [0.25, 0.3) is 32.3 Å². The molecule has 0 atom stereocenters. The van der Waals surface area contributed by atoms with Crippen LogP contribution in [-0.2, 0) is 10.1 Å². The van der Waals surface area contributed by atoms with Gasteiger partial charge in [-0.05, 0) is 33.1 Å². The van der Waals surface area contributed by atoms with Crippen LogP contribution in [0, 0.1) is 0 Å². The Morgan fingerprint density at radius 2 is 1.14 bits per heavy atom. The average Bonchev–Trinajstić information content (AvgIpc) is 2.83. The lowest BCUT2D eigenvalue weighted by molar-refractivity contribution is -0.0499. The van der Waals surface area contributed by atoms with Crippen LogP contribution in [0.2, 0.25) is 0 Å². The van der Waals surface area contributed by atoms with Gasteiger partial charge in [0.15, 0.2) is 5.75 Å². The average molecular weight is 498 g/mol. The molecule has 0 aliphatic heterocycles. The Hall–Kier alpha value is -3.60. The highest BCUT2D eigenvalue weighted by molar-refractivity contribution is 7.88. The van der Waals surface area contributed by atoms with Crippen LogP contribution in [-0.4, -0.2) is 31.1 Å². The van der Waals surface area contributed by atoms with Crippen molar-refractivity contribution in [3.8, 4) is 5.75 Å². The molecule has 5 aromatic rings. The van der Waals surface area contributed by atoms with Crippen LogP contribution in [0.1, 0.15) is 0 Å². The largest absolute Gasteiger partial charge is 0.534 e. The van der Waals surface area contributed by atoms with Gasteiger partial charge in [-0.15, -0.1) is 0 Å². The van der Waals surface area contributed by atoms with Crippen molar-refractivity contribution in [1.29, 1.82) is 0 Å². The highest BCUT2D eigenvalue weighted by Crippen LogP contribution is 2.38. The predicted molar refractivity (Wildman–Crippen MR) is 131 cm³/mol. The number of rotatable bonds is 3. The molecule has 10 heteroatoms. The molecule has 0 unspecified atom stereocenters. The third-order valence-corrected chi connectivity index (χ3v) is 6.22. The Morgan fingerprint density at radius 1 is 0.657 bits per heavy atom. The molecule has 0 spiro atoms. The van der Waals surface area contributed by atoms with E-state index in [1.807, 2.05) is 30.3 Å². The second-order valence-electron chi connectivity index (χ2n) is 7.61. The summed E-state index contributed by atoms with van der Waals surface area (Å²) >= 11 is 0. The van der Waals surface area contributed by atoms with Crippen molar-refractivity contribution < 1.29 is 35.8 Å². The van der Waals surface area contributed by atoms with Crippen LogP contribution in [0.15, 0.2) is 97.1 Å². The van der Waals surface area contributed by atoms with Crippen molar-refractivity contribution in [3.63, 3.8) is 0 Å². The molecule has 2 N–H and O–H groups in total. The predicted octanol–water partition coefficient (Wildman–Crippen LogP) is 4.74. The van der Waals surface area contributed by atoms with Crippen molar-refractivity contribution in [2.45, 2.75) is 5.51 Å². The van der Waals surface area contributed by atoms with Crippen LogP contribution in [0.3, 0.4) is 0 Å². The summed E-state index contributed by atoms with van der Waals surface area (Å²) in [6.45, 7) is 0. The first-order chi connectivity index (χ1) is 16.6. The minimum atomic E-state index is -5.73. The molecule has 0 heterocycles. The second kappa shape index (κ2) is 9.57. The Bertz CT molecular complexity index is 1560. The fraction of sp³-hybridized carbons (Fsp3) is 0.0400. The molecular weight excluding hydrogens is 480 g/mol. The van der Waals surface area contributed by atoms with E-state index in [1.165, 1.54) is 12.1 Å². The molecule has 0 amide bonds. The second-order valence-corrected chi connectivity index (χ2v) is 9.15. The minimum Gasteiger partial charge on any atom is -0.423 e. The molecule has 35 heavy (non-hydrogen) atoms. The van der Waals surface area contributed by atoms with Crippen molar-refractivity contribution >= 4 is 55.0 Å². The van der Waals surface area contributed by atoms with Gasteiger partial charge in [0, 0.05) is 10.8 Å². The van der Waals surface area contributed by atoms with Gasteiger partial charge in [0.1, 0.15) is 0 Å². The van der Waals surface area contributed by atoms with Crippen LogP contribution in [0.5, 0.6) is 5.75 Å². The van der Waals surface area contributed by atoms with Gasteiger partial charge in [-0.25, -0.2) is 0 Å². The fourth-order valence-electron chi connectivity index (χ4n) is 3.59. The molecule has 5 nitrogen and oxygen atoms in total. The molecule has 0 fully saturated rings. The van der Waals surface area contributed by atoms with Gasteiger partial charge in [0.25, 0.3) is 0 Å². The molecule has 5 aromatic carbocycles. The van der Waals surface area contributed by atoms with Crippen molar-refractivity contribution in [1.82, 2.24) is 0 Å². The monoisotopic (exact) mass is 498 g/mol. The zero-order valence-corrected chi connectivity index (χ0v) is 18.8. The van der Waals surface area contributed by atoms with Gasteiger partial charge in [0.05, 0.1) is 0 Å². The fourth-order valence-corrected chi connectivity index (χ4v) is 4.08. The van der Waals surface area contributed by atoms with Gasteiger partial charge in [-0.3, -0.25) is 0 Å². The molecule has 0 aromatic heterocycles. The number of fused-ring (bicyclic) bond motifs is 3. The summed E-state index contributed by atoms with van der Waals surface area (Å²) in [6.07, 6.45) is 0. The minimum absolute atomic E-state index is 0.300. The maximum atomic E-state index is 12.6. The first kappa shape index (κ1) is 24.5. The highest BCUT2D eigenvalue weighted by Gasteiger charge is 2.49. The van der Waals surface area contributed by atoms with Gasteiger partial charge < -0.3 is 14.2 Å². The van der Waals surface area contributed by atoms with Crippen molar-refractivity contribution in [2.24, 2.45) is 0 Å². The van der Waals surface area contributed by atoms with E-state index >= 15 is 0 Å². The summed E-state index contributed by atoms with van der Waals surface area (Å²) in [5, 5.41) is 21.8. The Labute approximate surface area is 199 Å². The first-order valence-electron chi connectivity index (χ1n) is 10.3. The lowest BCUT2D eigenvalue weighted by Crippen LogP contribution is -2.29. The van der Waals surface area contributed by atoms with E-state index in [9.17, 15) is 21.6 Å². The zero-order chi connectivity index (χ0) is 25.2. The molecule has 5 rings (SSSR count). The Balaban J connectivity index is 0.000000189. The highest BCUT2D eigenvalue weighted by atomic mass is 32.2. The van der Waals surface area contributed by atoms with E-state index in [0.29, 0.717) is 27.0 Å². The SMILES string of the molecule is O=S(=O)(Oc1c2ccccc2cc2ccccc12)C(F)(F)F.OB(O)c1ccc2ccccc2c1. The number of benzene rings is 5. The summed E-state index contributed by atoms with van der Waals surface area (Å²) in [7, 11) is -7.12. The number of alkyl halides is 3. The topological polar surface area (TPSA) is 83.8 Å². The molecule has 0 bridgehead atoms. The lowest BCUT2D eigenvalue weighted by atomic mass is 9.79. The quantitative estimate of drug-likeness (QED) is 0.163. The molecule has 0 saturated carbocycles. The summed E-state index contributed by atoms with van der Waals surface area (Å²) in [5.74, 6) is -0.314. The number of halogens is 3. The van der Waals surface area contributed by atoms with Crippen LogP contribution < -0.4 is 9.65 Å². The molecule has 0 aliphatic carbocycles. The molecular formula is C25H18BF3O5S. The van der Waals surface area contributed by atoms with Gasteiger partial charge in [-0.1, -0.05) is 91.0 Å². The summed E-state index contributed by atoms with van der Waals surface area (Å²) in [4.78, 5) is 0. The van der Waals surface area contributed by atoms with Gasteiger partial charge in [-0.2, -0.15) is 21.6 Å². The summed E-state index contributed by atoms with van der Waals surface area (Å²) < 4.78 is 65.0.